The number of rotatable bonds is 6. The molecule has 190 valence electrons. The van der Waals surface area contributed by atoms with Crippen LogP contribution in [0.15, 0.2) is 65.9 Å². The molecule has 0 aromatic heterocycles. The van der Waals surface area contributed by atoms with Crippen LogP contribution in [0.3, 0.4) is 0 Å². The third kappa shape index (κ3) is 5.39. The molecule has 3 amide bonds. The Morgan fingerprint density at radius 1 is 1.08 bits per heavy atom. The molecule has 0 bridgehead atoms. The molecule has 2 aromatic rings. The second kappa shape index (κ2) is 11.1. The van der Waals surface area contributed by atoms with Gasteiger partial charge in [-0.25, -0.2) is 9.59 Å². The van der Waals surface area contributed by atoms with E-state index in [1.54, 1.807) is 38.2 Å². The number of benzene rings is 2. The van der Waals surface area contributed by atoms with E-state index >= 15 is 0 Å². The molecule has 2 aromatic carbocycles. The molecule has 1 fully saturated rings. The molecule has 0 spiro atoms. The van der Waals surface area contributed by atoms with Crippen molar-refractivity contribution in [3.63, 3.8) is 0 Å². The molecular formula is C27H31ClN4O4. The van der Waals surface area contributed by atoms with E-state index in [0.717, 1.165) is 5.56 Å². The summed E-state index contributed by atoms with van der Waals surface area (Å²) < 4.78 is 5.41. The number of esters is 1. The lowest BCUT2D eigenvalue weighted by Gasteiger charge is -2.42. The summed E-state index contributed by atoms with van der Waals surface area (Å²) in [7, 11) is 1.66. The summed E-state index contributed by atoms with van der Waals surface area (Å²) in [6.07, 6.45) is 0. The van der Waals surface area contributed by atoms with Gasteiger partial charge in [-0.3, -0.25) is 14.6 Å². The van der Waals surface area contributed by atoms with E-state index in [9.17, 15) is 14.4 Å². The van der Waals surface area contributed by atoms with Crippen LogP contribution < -0.4 is 5.32 Å². The molecule has 0 saturated carbocycles. The standard InChI is InChI=1S/C27H31ClN4O4/c1-4-36-26(34)23-22(30(3)27(35)29-24(23)19-8-6-5-7-9-19)17-31-14-15-32(18(2)16-31)25(33)20-10-12-21(28)13-11-20/h5-13,18,24H,4,14-17H2,1-3H3,(H,29,35)/t18-,24-/m0/s1. The van der Waals surface area contributed by atoms with Crippen LogP contribution in [0.5, 0.6) is 0 Å². The van der Waals surface area contributed by atoms with Crippen molar-refractivity contribution in [2.45, 2.75) is 25.9 Å². The van der Waals surface area contributed by atoms with E-state index in [0.29, 0.717) is 48.0 Å². The monoisotopic (exact) mass is 510 g/mol. The Kier molecular flexibility index (Phi) is 7.96. The Morgan fingerprint density at radius 3 is 2.42 bits per heavy atom. The second-order valence-electron chi connectivity index (χ2n) is 9.02. The van der Waals surface area contributed by atoms with Gasteiger partial charge in [0, 0.05) is 55.6 Å². The number of likely N-dealkylation sites (N-methyl/N-ethyl adjacent to an activating group) is 1. The van der Waals surface area contributed by atoms with Crippen molar-refractivity contribution < 1.29 is 19.1 Å². The van der Waals surface area contributed by atoms with E-state index < -0.39 is 12.0 Å². The highest BCUT2D eigenvalue weighted by molar-refractivity contribution is 6.30. The van der Waals surface area contributed by atoms with Crippen LogP contribution in [0.1, 0.15) is 35.8 Å². The summed E-state index contributed by atoms with van der Waals surface area (Å²) in [6.45, 7) is 6.12. The number of hydrogen-bond donors (Lipinski definition) is 1. The Labute approximate surface area is 216 Å². The number of piperazine rings is 1. The molecule has 2 heterocycles. The van der Waals surface area contributed by atoms with Crippen molar-refractivity contribution in [1.29, 1.82) is 0 Å². The molecule has 4 rings (SSSR count). The average molecular weight is 511 g/mol. The zero-order valence-electron chi connectivity index (χ0n) is 20.7. The van der Waals surface area contributed by atoms with Crippen LogP contribution >= 0.6 is 11.6 Å². The fourth-order valence-corrected chi connectivity index (χ4v) is 4.87. The Bertz CT molecular complexity index is 1150. The van der Waals surface area contributed by atoms with Gasteiger partial charge in [0.05, 0.1) is 18.2 Å². The number of hydrogen-bond acceptors (Lipinski definition) is 5. The first-order valence-corrected chi connectivity index (χ1v) is 12.5. The van der Waals surface area contributed by atoms with Crippen molar-refractivity contribution in [2.75, 3.05) is 39.8 Å². The summed E-state index contributed by atoms with van der Waals surface area (Å²) in [5, 5.41) is 3.53. The van der Waals surface area contributed by atoms with Gasteiger partial charge in [0.25, 0.3) is 5.91 Å². The largest absolute Gasteiger partial charge is 0.463 e. The highest BCUT2D eigenvalue weighted by Gasteiger charge is 2.38. The van der Waals surface area contributed by atoms with Gasteiger partial charge in [0.1, 0.15) is 0 Å². The lowest BCUT2D eigenvalue weighted by Crippen LogP contribution is -2.56. The van der Waals surface area contributed by atoms with Gasteiger partial charge in [-0.2, -0.15) is 0 Å². The number of amides is 3. The third-order valence-corrected chi connectivity index (χ3v) is 6.89. The van der Waals surface area contributed by atoms with Gasteiger partial charge in [-0.05, 0) is 43.7 Å². The second-order valence-corrected chi connectivity index (χ2v) is 9.46. The minimum atomic E-state index is -0.603. The van der Waals surface area contributed by atoms with E-state index in [2.05, 4.69) is 10.2 Å². The van der Waals surface area contributed by atoms with Gasteiger partial charge < -0.3 is 15.0 Å². The molecule has 1 saturated heterocycles. The third-order valence-electron chi connectivity index (χ3n) is 6.64. The maximum atomic E-state index is 13.1. The van der Waals surface area contributed by atoms with Crippen molar-refractivity contribution in [3.8, 4) is 0 Å². The van der Waals surface area contributed by atoms with Crippen molar-refractivity contribution in [1.82, 2.24) is 20.0 Å². The molecule has 2 atom stereocenters. The highest BCUT2D eigenvalue weighted by atomic mass is 35.5. The number of urea groups is 1. The quantitative estimate of drug-likeness (QED) is 0.599. The van der Waals surface area contributed by atoms with Gasteiger partial charge in [0.15, 0.2) is 0 Å². The fourth-order valence-electron chi connectivity index (χ4n) is 4.74. The van der Waals surface area contributed by atoms with Crippen molar-refractivity contribution in [2.24, 2.45) is 0 Å². The normalized spacial score (nSPS) is 20.8. The Balaban J connectivity index is 1.58. The number of carbonyl (C=O) groups is 3. The summed E-state index contributed by atoms with van der Waals surface area (Å²) in [5.74, 6) is -0.485. The molecule has 2 aliphatic heterocycles. The fraction of sp³-hybridized carbons (Fsp3) is 0.370. The summed E-state index contributed by atoms with van der Waals surface area (Å²) in [6, 6.07) is 15.4. The summed E-state index contributed by atoms with van der Waals surface area (Å²) in [5.41, 5.74) is 2.45. The Morgan fingerprint density at radius 2 is 1.78 bits per heavy atom. The minimum absolute atomic E-state index is 0.0384. The van der Waals surface area contributed by atoms with E-state index in [-0.39, 0.29) is 24.6 Å². The molecule has 1 N–H and O–H groups in total. The predicted octanol–water partition coefficient (Wildman–Crippen LogP) is 3.70. The summed E-state index contributed by atoms with van der Waals surface area (Å²) in [4.78, 5) is 44.6. The van der Waals surface area contributed by atoms with Crippen LogP contribution in [0, 0.1) is 0 Å². The van der Waals surface area contributed by atoms with Crippen molar-refractivity contribution in [3.05, 3.63) is 82.0 Å². The zero-order chi connectivity index (χ0) is 25.8. The molecule has 9 heteroatoms. The van der Waals surface area contributed by atoms with Gasteiger partial charge in [-0.15, -0.1) is 0 Å². The lowest BCUT2D eigenvalue weighted by atomic mass is 9.94. The SMILES string of the molecule is CCOC(=O)C1=C(CN2CCN(C(=O)c3ccc(Cl)cc3)[C@@H](C)C2)N(C)C(=O)N[C@H]1c1ccccc1. The van der Waals surface area contributed by atoms with Gasteiger partial charge >= 0.3 is 12.0 Å². The maximum absolute atomic E-state index is 13.1. The smallest absolute Gasteiger partial charge is 0.338 e. The van der Waals surface area contributed by atoms with Crippen LogP contribution in [0.25, 0.3) is 0 Å². The van der Waals surface area contributed by atoms with Crippen LogP contribution in [-0.4, -0.2) is 78.5 Å². The number of ether oxygens (including phenoxy) is 1. The van der Waals surface area contributed by atoms with E-state index in [4.69, 9.17) is 16.3 Å². The molecular weight excluding hydrogens is 480 g/mol. The molecule has 8 nitrogen and oxygen atoms in total. The highest BCUT2D eigenvalue weighted by Crippen LogP contribution is 2.31. The van der Waals surface area contributed by atoms with Crippen LogP contribution in [0.2, 0.25) is 5.02 Å². The molecule has 36 heavy (non-hydrogen) atoms. The number of halogens is 1. The number of carbonyl (C=O) groups excluding carboxylic acids is 3. The molecule has 0 aliphatic carbocycles. The average Bonchev–Trinajstić information content (AvgIpc) is 2.87. The minimum Gasteiger partial charge on any atom is -0.463 e. The summed E-state index contributed by atoms with van der Waals surface area (Å²) >= 11 is 5.97. The molecule has 0 unspecified atom stereocenters. The zero-order valence-corrected chi connectivity index (χ0v) is 21.5. The first-order chi connectivity index (χ1) is 17.3. The maximum Gasteiger partial charge on any atom is 0.338 e. The predicted molar refractivity (Wildman–Crippen MR) is 138 cm³/mol. The van der Waals surface area contributed by atoms with Crippen LogP contribution in [0.4, 0.5) is 4.79 Å². The first kappa shape index (κ1) is 25.7. The van der Waals surface area contributed by atoms with Crippen LogP contribution in [-0.2, 0) is 9.53 Å². The van der Waals surface area contributed by atoms with Crippen molar-refractivity contribution >= 4 is 29.5 Å². The van der Waals surface area contributed by atoms with Gasteiger partial charge in [-0.1, -0.05) is 41.9 Å². The molecule has 2 aliphatic rings. The van der Waals surface area contributed by atoms with E-state index in [1.165, 1.54) is 4.90 Å². The topological polar surface area (TPSA) is 82.2 Å². The number of nitrogens with one attached hydrogen (secondary N) is 1. The molecule has 0 radical (unpaired) electrons. The van der Waals surface area contributed by atoms with E-state index in [1.807, 2.05) is 42.2 Å². The Hall–Kier alpha value is -3.36. The number of nitrogens with zero attached hydrogens (tertiary/aromatic N) is 3. The van der Waals surface area contributed by atoms with Gasteiger partial charge in [0.2, 0.25) is 0 Å². The first-order valence-electron chi connectivity index (χ1n) is 12.1. The lowest BCUT2D eigenvalue weighted by molar-refractivity contribution is -0.139.